The van der Waals surface area contributed by atoms with Crippen LogP contribution in [-0.2, 0) is 5.41 Å². The zero-order valence-electron chi connectivity index (χ0n) is 11.9. The molecule has 5 rings (SSSR count). The van der Waals surface area contributed by atoms with Crippen molar-refractivity contribution in [1.82, 2.24) is 24.5 Å². The van der Waals surface area contributed by atoms with Gasteiger partial charge in [0.25, 0.3) is 5.95 Å². The predicted molar refractivity (Wildman–Crippen MR) is 82.3 cm³/mol. The first-order valence-corrected chi connectivity index (χ1v) is 7.86. The van der Waals surface area contributed by atoms with Crippen LogP contribution in [0.4, 0.5) is 0 Å². The van der Waals surface area contributed by atoms with E-state index in [-0.39, 0.29) is 11.5 Å². The highest BCUT2D eigenvalue weighted by molar-refractivity contribution is 6.30. The molecule has 22 heavy (non-hydrogen) atoms. The molecule has 5 nitrogen and oxygen atoms in total. The van der Waals surface area contributed by atoms with Crippen LogP contribution in [-0.4, -0.2) is 24.5 Å². The molecule has 0 N–H and O–H groups in total. The van der Waals surface area contributed by atoms with Gasteiger partial charge in [0.2, 0.25) is 0 Å². The van der Waals surface area contributed by atoms with E-state index in [1.807, 2.05) is 6.07 Å². The van der Waals surface area contributed by atoms with Gasteiger partial charge in [-0.05, 0) is 24.8 Å². The van der Waals surface area contributed by atoms with Crippen LogP contribution in [0.3, 0.4) is 0 Å². The van der Waals surface area contributed by atoms with Gasteiger partial charge in [-0.25, -0.2) is 9.36 Å². The molecule has 1 fully saturated rings. The first-order chi connectivity index (χ1) is 10.8. The second-order valence-electron chi connectivity index (χ2n) is 6.19. The van der Waals surface area contributed by atoms with E-state index in [1.165, 1.54) is 18.4 Å². The van der Waals surface area contributed by atoms with E-state index in [1.54, 1.807) is 17.1 Å². The van der Waals surface area contributed by atoms with Crippen molar-refractivity contribution in [1.29, 1.82) is 0 Å². The second-order valence-corrected chi connectivity index (χ2v) is 6.63. The Morgan fingerprint density at radius 3 is 2.68 bits per heavy atom. The summed E-state index contributed by atoms with van der Waals surface area (Å²) in [4.78, 5) is 4.76. The van der Waals surface area contributed by atoms with Gasteiger partial charge in [0.1, 0.15) is 5.82 Å². The first-order valence-electron chi connectivity index (χ1n) is 7.48. The molecule has 1 aliphatic heterocycles. The zero-order chi connectivity index (χ0) is 14.7. The number of rotatable bonds is 2. The molecule has 0 bridgehead atoms. The van der Waals surface area contributed by atoms with Gasteiger partial charge in [-0.3, -0.25) is 0 Å². The Bertz CT molecular complexity index is 847. The predicted octanol–water partition coefficient (Wildman–Crippen LogP) is 3.14. The van der Waals surface area contributed by atoms with Crippen molar-refractivity contribution < 1.29 is 0 Å². The van der Waals surface area contributed by atoms with Gasteiger partial charge in [0.15, 0.2) is 0 Å². The maximum Gasteiger partial charge on any atom is 0.269 e. The van der Waals surface area contributed by atoms with Crippen molar-refractivity contribution in [2.24, 2.45) is 0 Å². The molecule has 2 aromatic heterocycles. The number of fused-ring (bicyclic) bond motifs is 2. The monoisotopic (exact) mass is 311 g/mol. The summed E-state index contributed by atoms with van der Waals surface area (Å²) in [7, 11) is 0. The molecule has 0 amide bonds. The Balaban J connectivity index is 1.63. The lowest BCUT2D eigenvalue weighted by molar-refractivity contribution is 0.527. The van der Waals surface area contributed by atoms with Gasteiger partial charge in [-0.2, -0.15) is 10.1 Å². The van der Waals surface area contributed by atoms with Gasteiger partial charge < -0.3 is 0 Å². The Kier molecular flexibility index (Phi) is 2.37. The number of hydrogen-bond acceptors (Lipinski definition) is 3. The third-order valence-corrected chi connectivity index (χ3v) is 4.96. The first kappa shape index (κ1) is 12.4. The van der Waals surface area contributed by atoms with E-state index in [4.69, 9.17) is 21.7 Å². The van der Waals surface area contributed by atoms with E-state index in [2.05, 4.69) is 34.0 Å². The molecule has 0 saturated heterocycles. The van der Waals surface area contributed by atoms with Crippen LogP contribution in [0, 0.1) is 0 Å². The summed E-state index contributed by atoms with van der Waals surface area (Å²) < 4.78 is 3.74. The van der Waals surface area contributed by atoms with E-state index < -0.39 is 0 Å². The van der Waals surface area contributed by atoms with Crippen molar-refractivity contribution in [3.63, 3.8) is 0 Å². The van der Waals surface area contributed by atoms with Crippen LogP contribution < -0.4 is 0 Å². The Hall–Kier alpha value is -2.14. The third-order valence-electron chi connectivity index (χ3n) is 4.77. The van der Waals surface area contributed by atoms with Crippen molar-refractivity contribution in [3.8, 4) is 5.95 Å². The number of nitrogens with zero attached hydrogens (tertiary/aromatic N) is 5. The molecular formula is C16H14ClN5. The molecule has 3 aromatic rings. The Morgan fingerprint density at radius 2 is 2.00 bits per heavy atom. The molecule has 1 aromatic carbocycles. The van der Waals surface area contributed by atoms with Gasteiger partial charge in [0.05, 0.1) is 23.5 Å². The summed E-state index contributed by atoms with van der Waals surface area (Å²) in [6, 6.07) is 10.8. The fraction of sp³-hybridized carbons (Fsp3) is 0.312. The quantitative estimate of drug-likeness (QED) is 0.730. The number of hydrogen-bond donors (Lipinski definition) is 0. The number of aromatic nitrogens is 5. The average molecular weight is 312 g/mol. The fourth-order valence-corrected chi connectivity index (χ4v) is 3.59. The SMILES string of the molecule is Clc1cnn(-c2nc3n(n2)[C@H](c2ccccc2)CC32CC2)c1. The van der Waals surface area contributed by atoms with Crippen LogP contribution in [0.15, 0.2) is 42.7 Å². The summed E-state index contributed by atoms with van der Waals surface area (Å²) in [5, 5.41) is 9.52. The largest absolute Gasteiger partial charge is 0.269 e. The second kappa shape index (κ2) is 4.20. The zero-order valence-corrected chi connectivity index (χ0v) is 12.6. The molecular weight excluding hydrogens is 298 g/mol. The van der Waals surface area contributed by atoms with Crippen molar-refractivity contribution in [3.05, 3.63) is 59.1 Å². The maximum atomic E-state index is 5.95. The highest BCUT2D eigenvalue weighted by atomic mass is 35.5. The third kappa shape index (κ3) is 1.69. The maximum absolute atomic E-state index is 5.95. The minimum atomic E-state index is 0.225. The topological polar surface area (TPSA) is 48.5 Å². The molecule has 3 heterocycles. The van der Waals surface area contributed by atoms with E-state index in [9.17, 15) is 0 Å². The van der Waals surface area contributed by atoms with Crippen LogP contribution >= 0.6 is 11.6 Å². The highest BCUT2D eigenvalue weighted by Gasteiger charge is 2.55. The molecule has 110 valence electrons. The normalized spacial score (nSPS) is 21.2. The lowest BCUT2D eigenvalue weighted by Crippen LogP contribution is -2.09. The fourth-order valence-electron chi connectivity index (χ4n) is 3.46. The van der Waals surface area contributed by atoms with Crippen LogP contribution in [0.25, 0.3) is 5.95 Å². The van der Waals surface area contributed by atoms with Crippen LogP contribution in [0.1, 0.15) is 36.7 Å². The summed E-state index contributed by atoms with van der Waals surface area (Å²) in [6.45, 7) is 0. The van der Waals surface area contributed by atoms with Crippen molar-refractivity contribution in [2.45, 2.75) is 30.7 Å². The summed E-state index contributed by atoms with van der Waals surface area (Å²) in [6.07, 6.45) is 6.86. The highest BCUT2D eigenvalue weighted by Crippen LogP contribution is 2.58. The molecule has 1 aliphatic carbocycles. The molecule has 0 radical (unpaired) electrons. The van der Waals surface area contributed by atoms with Crippen LogP contribution in [0.2, 0.25) is 5.02 Å². The molecule has 1 spiro atoms. The summed E-state index contributed by atoms with van der Waals surface area (Å²) >= 11 is 5.95. The minimum Gasteiger partial charge on any atom is -0.240 e. The van der Waals surface area contributed by atoms with Gasteiger partial charge in [0, 0.05) is 5.41 Å². The van der Waals surface area contributed by atoms with Gasteiger partial charge in [-0.15, -0.1) is 5.10 Å². The number of halogens is 1. The molecule has 0 unspecified atom stereocenters. The van der Waals surface area contributed by atoms with Crippen LogP contribution in [0.5, 0.6) is 0 Å². The standard InChI is InChI=1S/C16H14ClN5/c17-12-9-18-21(10-12)15-19-14-16(6-7-16)8-13(22(14)20-15)11-4-2-1-3-5-11/h1-5,9-10,13H,6-8H2/t13-/m0/s1. The van der Waals surface area contributed by atoms with E-state index in [0.29, 0.717) is 11.0 Å². The molecule has 2 aliphatic rings. The summed E-state index contributed by atoms with van der Waals surface area (Å²) in [5.74, 6) is 1.71. The minimum absolute atomic E-state index is 0.225. The lowest BCUT2D eigenvalue weighted by atomic mass is 9.97. The Labute approximate surface area is 132 Å². The average Bonchev–Trinajstić information content (AvgIpc) is 2.87. The Morgan fingerprint density at radius 1 is 1.18 bits per heavy atom. The van der Waals surface area contributed by atoms with Crippen molar-refractivity contribution in [2.75, 3.05) is 0 Å². The lowest BCUT2D eigenvalue weighted by Gasteiger charge is -2.12. The molecule has 1 saturated carbocycles. The number of benzene rings is 1. The van der Waals surface area contributed by atoms with E-state index in [0.717, 1.165) is 12.2 Å². The van der Waals surface area contributed by atoms with E-state index >= 15 is 0 Å². The summed E-state index contributed by atoms with van der Waals surface area (Å²) in [5.41, 5.74) is 1.52. The van der Waals surface area contributed by atoms with Gasteiger partial charge >= 0.3 is 0 Å². The molecule has 6 heteroatoms. The van der Waals surface area contributed by atoms with Gasteiger partial charge in [-0.1, -0.05) is 41.9 Å². The van der Waals surface area contributed by atoms with Crippen molar-refractivity contribution >= 4 is 11.6 Å². The molecule has 1 atom stereocenters. The smallest absolute Gasteiger partial charge is 0.240 e.